The van der Waals surface area contributed by atoms with Gasteiger partial charge in [0.15, 0.2) is 0 Å². The highest BCUT2D eigenvalue weighted by atomic mass is 16.5. The van der Waals surface area contributed by atoms with Gasteiger partial charge in [0.25, 0.3) is 0 Å². The maximum Gasteiger partial charge on any atom is 0.101 e. The van der Waals surface area contributed by atoms with Crippen molar-refractivity contribution in [1.29, 1.82) is 5.26 Å². The normalized spacial score (nSPS) is 10.2. The number of aromatic nitrogens is 1. The average molecular weight is 219 g/mol. The lowest BCUT2D eigenvalue weighted by Crippen LogP contribution is -2.24. The average Bonchev–Trinajstić information content (AvgIpc) is 2.28. The van der Waals surface area contributed by atoms with Gasteiger partial charge in [-0.3, -0.25) is 4.98 Å². The SMILES string of the molecule is CC(C)OCCN(C)c1cnccc1C#N. The highest BCUT2D eigenvalue weighted by Gasteiger charge is 2.06. The van der Waals surface area contributed by atoms with Crippen LogP contribution in [0.1, 0.15) is 19.4 Å². The number of hydrogen-bond acceptors (Lipinski definition) is 4. The Morgan fingerprint density at radius 1 is 1.56 bits per heavy atom. The molecule has 0 amide bonds. The van der Waals surface area contributed by atoms with E-state index in [0.717, 1.165) is 12.2 Å². The van der Waals surface area contributed by atoms with Crippen LogP contribution >= 0.6 is 0 Å². The molecule has 1 rings (SSSR count). The summed E-state index contributed by atoms with van der Waals surface area (Å²) in [5, 5.41) is 8.95. The molecule has 0 fully saturated rings. The number of pyridine rings is 1. The van der Waals surface area contributed by atoms with Crippen molar-refractivity contribution in [3.63, 3.8) is 0 Å². The van der Waals surface area contributed by atoms with E-state index in [-0.39, 0.29) is 6.10 Å². The molecule has 1 heterocycles. The Balaban J connectivity index is 2.59. The summed E-state index contributed by atoms with van der Waals surface area (Å²) >= 11 is 0. The van der Waals surface area contributed by atoms with E-state index in [1.807, 2.05) is 25.8 Å². The van der Waals surface area contributed by atoms with Gasteiger partial charge in [-0.2, -0.15) is 5.26 Å². The first kappa shape index (κ1) is 12.5. The van der Waals surface area contributed by atoms with Crippen LogP contribution in [-0.2, 0) is 4.74 Å². The molecule has 0 aliphatic carbocycles. The second kappa shape index (κ2) is 6.09. The lowest BCUT2D eigenvalue weighted by Gasteiger charge is -2.20. The monoisotopic (exact) mass is 219 g/mol. The van der Waals surface area contributed by atoms with Gasteiger partial charge in [0.2, 0.25) is 0 Å². The van der Waals surface area contributed by atoms with E-state index in [1.54, 1.807) is 18.5 Å². The van der Waals surface area contributed by atoms with Crippen LogP contribution in [0, 0.1) is 11.3 Å². The number of anilines is 1. The van der Waals surface area contributed by atoms with Crippen LogP contribution in [0.3, 0.4) is 0 Å². The molecule has 0 atom stereocenters. The van der Waals surface area contributed by atoms with Gasteiger partial charge in [0.1, 0.15) is 6.07 Å². The zero-order chi connectivity index (χ0) is 12.0. The molecule has 1 aromatic rings. The Bertz CT molecular complexity index is 371. The van der Waals surface area contributed by atoms with Crippen LogP contribution < -0.4 is 4.90 Å². The fourth-order valence-electron chi connectivity index (χ4n) is 1.33. The molecule has 0 radical (unpaired) electrons. The van der Waals surface area contributed by atoms with Crippen molar-refractivity contribution in [2.45, 2.75) is 20.0 Å². The second-order valence-corrected chi connectivity index (χ2v) is 3.85. The lowest BCUT2D eigenvalue weighted by molar-refractivity contribution is 0.0846. The number of nitrogens with zero attached hydrogens (tertiary/aromatic N) is 3. The van der Waals surface area contributed by atoms with Crippen molar-refractivity contribution >= 4 is 5.69 Å². The molecule has 1 aromatic heterocycles. The van der Waals surface area contributed by atoms with Crippen molar-refractivity contribution in [3.05, 3.63) is 24.0 Å². The van der Waals surface area contributed by atoms with Gasteiger partial charge in [0.05, 0.1) is 30.2 Å². The minimum absolute atomic E-state index is 0.234. The molecule has 0 aliphatic rings. The molecule has 0 unspecified atom stereocenters. The summed E-state index contributed by atoms with van der Waals surface area (Å²) < 4.78 is 5.46. The van der Waals surface area contributed by atoms with Gasteiger partial charge in [-0.05, 0) is 19.9 Å². The molecule has 4 heteroatoms. The lowest BCUT2D eigenvalue weighted by atomic mass is 10.2. The summed E-state index contributed by atoms with van der Waals surface area (Å²) in [5.74, 6) is 0. The smallest absolute Gasteiger partial charge is 0.101 e. The Kier molecular flexibility index (Phi) is 4.74. The summed E-state index contributed by atoms with van der Waals surface area (Å²) in [5.41, 5.74) is 1.49. The summed E-state index contributed by atoms with van der Waals surface area (Å²) in [6.45, 7) is 5.40. The van der Waals surface area contributed by atoms with Crippen LogP contribution in [0.2, 0.25) is 0 Å². The molecule has 0 spiro atoms. The van der Waals surface area contributed by atoms with Crippen molar-refractivity contribution in [1.82, 2.24) is 4.98 Å². The third-order valence-corrected chi connectivity index (χ3v) is 2.21. The summed E-state index contributed by atoms with van der Waals surface area (Å²) in [6, 6.07) is 3.87. The van der Waals surface area contributed by atoms with Crippen molar-refractivity contribution < 1.29 is 4.74 Å². The molecule has 0 bridgehead atoms. The molecule has 0 aromatic carbocycles. The number of ether oxygens (including phenoxy) is 1. The van der Waals surface area contributed by atoms with Gasteiger partial charge in [-0.1, -0.05) is 0 Å². The van der Waals surface area contributed by atoms with Crippen LogP contribution in [0.25, 0.3) is 0 Å². The van der Waals surface area contributed by atoms with Gasteiger partial charge >= 0.3 is 0 Å². The quantitative estimate of drug-likeness (QED) is 0.758. The van der Waals surface area contributed by atoms with Crippen LogP contribution in [-0.4, -0.2) is 31.3 Å². The highest BCUT2D eigenvalue weighted by molar-refractivity contribution is 5.56. The third-order valence-electron chi connectivity index (χ3n) is 2.21. The maximum absolute atomic E-state index is 8.95. The maximum atomic E-state index is 8.95. The number of hydrogen-bond donors (Lipinski definition) is 0. The van der Waals surface area contributed by atoms with Crippen molar-refractivity contribution in [2.75, 3.05) is 25.1 Å². The third kappa shape index (κ3) is 3.52. The van der Waals surface area contributed by atoms with E-state index >= 15 is 0 Å². The number of likely N-dealkylation sites (N-methyl/N-ethyl adjacent to an activating group) is 1. The van der Waals surface area contributed by atoms with Gasteiger partial charge < -0.3 is 9.64 Å². The Morgan fingerprint density at radius 3 is 2.94 bits per heavy atom. The predicted molar refractivity (Wildman–Crippen MR) is 63.3 cm³/mol. The first-order valence-electron chi connectivity index (χ1n) is 5.32. The summed E-state index contributed by atoms with van der Waals surface area (Å²) in [7, 11) is 1.93. The van der Waals surface area contributed by atoms with E-state index in [1.165, 1.54) is 0 Å². The molecule has 0 aliphatic heterocycles. The molecule has 0 saturated heterocycles. The van der Waals surface area contributed by atoms with Crippen molar-refractivity contribution in [2.24, 2.45) is 0 Å². The molecule has 4 nitrogen and oxygen atoms in total. The Labute approximate surface area is 96.5 Å². The topological polar surface area (TPSA) is 49.1 Å². The molecule has 16 heavy (non-hydrogen) atoms. The van der Waals surface area contributed by atoms with Crippen molar-refractivity contribution in [3.8, 4) is 6.07 Å². The largest absolute Gasteiger partial charge is 0.377 e. The van der Waals surface area contributed by atoms with Crippen LogP contribution in [0.4, 0.5) is 5.69 Å². The molecular weight excluding hydrogens is 202 g/mol. The Morgan fingerprint density at radius 2 is 2.31 bits per heavy atom. The first-order chi connectivity index (χ1) is 7.65. The van der Waals surface area contributed by atoms with Crippen LogP contribution in [0.5, 0.6) is 0 Å². The van der Waals surface area contributed by atoms with E-state index in [2.05, 4.69) is 11.1 Å². The Hall–Kier alpha value is -1.60. The molecule has 86 valence electrons. The van der Waals surface area contributed by atoms with E-state index in [0.29, 0.717) is 12.2 Å². The fraction of sp³-hybridized carbons (Fsp3) is 0.500. The predicted octanol–water partition coefficient (Wildman–Crippen LogP) is 1.81. The standard InChI is InChI=1S/C12H17N3O/c1-10(2)16-7-6-15(3)12-9-14-5-4-11(12)8-13/h4-5,9-10H,6-7H2,1-3H3. The van der Waals surface area contributed by atoms with E-state index in [9.17, 15) is 0 Å². The fourth-order valence-corrected chi connectivity index (χ4v) is 1.33. The minimum atomic E-state index is 0.234. The van der Waals surface area contributed by atoms with E-state index < -0.39 is 0 Å². The van der Waals surface area contributed by atoms with E-state index in [4.69, 9.17) is 10.00 Å². The zero-order valence-corrected chi connectivity index (χ0v) is 9.97. The van der Waals surface area contributed by atoms with Gasteiger partial charge in [0, 0.05) is 19.8 Å². The zero-order valence-electron chi connectivity index (χ0n) is 9.97. The highest BCUT2D eigenvalue weighted by Crippen LogP contribution is 2.15. The van der Waals surface area contributed by atoms with Crippen LogP contribution in [0.15, 0.2) is 18.5 Å². The number of rotatable bonds is 5. The molecule has 0 saturated carbocycles. The second-order valence-electron chi connectivity index (χ2n) is 3.85. The summed E-state index contributed by atoms with van der Waals surface area (Å²) in [6.07, 6.45) is 3.56. The minimum Gasteiger partial charge on any atom is -0.377 e. The molecule has 0 N–H and O–H groups in total. The van der Waals surface area contributed by atoms with Gasteiger partial charge in [-0.15, -0.1) is 0 Å². The summed E-state index contributed by atoms with van der Waals surface area (Å²) in [4.78, 5) is 6.00. The van der Waals surface area contributed by atoms with Gasteiger partial charge in [-0.25, -0.2) is 0 Å². The molecular formula is C12H17N3O. The number of nitriles is 1. The first-order valence-corrected chi connectivity index (χ1v) is 5.32.